The van der Waals surface area contributed by atoms with Gasteiger partial charge in [-0.05, 0) is 11.1 Å². The lowest BCUT2D eigenvalue weighted by atomic mass is 9.90. The maximum atomic E-state index is 12.1. The molecule has 0 bridgehead atoms. The average molecular weight is 277 g/mol. The largest absolute Gasteiger partial charge is 0.341 e. The van der Waals surface area contributed by atoms with Crippen LogP contribution in [0.1, 0.15) is 11.1 Å². The van der Waals surface area contributed by atoms with E-state index in [1.165, 1.54) is 0 Å². The molecule has 0 aliphatic heterocycles. The third-order valence-electron chi connectivity index (χ3n) is 3.30. The predicted octanol–water partition coefficient (Wildman–Crippen LogP) is 2.07. The summed E-state index contributed by atoms with van der Waals surface area (Å²) < 4.78 is 12.1. The SMILES string of the molecule is NCC(c1ccccc1)(c1ccccc1)P(=O)(O)O. The van der Waals surface area contributed by atoms with Crippen LogP contribution in [-0.4, -0.2) is 16.3 Å². The second kappa shape index (κ2) is 5.27. The third kappa shape index (κ3) is 2.36. The summed E-state index contributed by atoms with van der Waals surface area (Å²) in [6.45, 7) is -0.161. The fraction of sp³-hybridized carbons (Fsp3) is 0.143. The van der Waals surface area contributed by atoms with E-state index in [9.17, 15) is 14.4 Å². The highest BCUT2D eigenvalue weighted by Crippen LogP contribution is 2.59. The Morgan fingerprint density at radius 3 is 1.53 bits per heavy atom. The monoisotopic (exact) mass is 277 g/mol. The Morgan fingerprint density at radius 2 is 1.26 bits per heavy atom. The fourth-order valence-electron chi connectivity index (χ4n) is 2.29. The zero-order chi connectivity index (χ0) is 13.9. The van der Waals surface area contributed by atoms with Gasteiger partial charge in [0.1, 0.15) is 5.16 Å². The van der Waals surface area contributed by atoms with E-state index >= 15 is 0 Å². The zero-order valence-corrected chi connectivity index (χ0v) is 11.2. The van der Waals surface area contributed by atoms with Gasteiger partial charge in [-0.25, -0.2) is 0 Å². The zero-order valence-electron chi connectivity index (χ0n) is 10.3. The van der Waals surface area contributed by atoms with Gasteiger partial charge in [-0.3, -0.25) is 4.57 Å². The predicted molar refractivity (Wildman–Crippen MR) is 74.8 cm³/mol. The van der Waals surface area contributed by atoms with Crippen molar-refractivity contribution in [3.8, 4) is 0 Å². The molecular weight excluding hydrogens is 261 g/mol. The minimum Gasteiger partial charge on any atom is -0.329 e. The minimum absolute atomic E-state index is 0.161. The van der Waals surface area contributed by atoms with Crippen LogP contribution in [0, 0.1) is 0 Å². The van der Waals surface area contributed by atoms with Crippen molar-refractivity contribution in [1.82, 2.24) is 0 Å². The van der Waals surface area contributed by atoms with Gasteiger partial charge in [-0.2, -0.15) is 0 Å². The molecule has 5 heteroatoms. The van der Waals surface area contributed by atoms with E-state index in [4.69, 9.17) is 5.73 Å². The molecule has 2 aromatic carbocycles. The van der Waals surface area contributed by atoms with Crippen LogP contribution in [0.25, 0.3) is 0 Å². The van der Waals surface area contributed by atoms with Gasteiger partial charge >= 0.3 is 7.60 Å². The molecule has 0 spiro atoms. The van der Waals surface area contributed by atoms with E-state index in [1.807, 2.05) is 0 Å². The molecule has 0 saturated heterocycles. The van der Waals surface area contributed by atoms with Crippen molar-refractivity contribution < 1.29 is 14.4 Å². The number of nitrogens with two attached hydrogens (primary N) is 1. The van der Waals surface area contributed by atoms with Gasteiger partial charge in [-0.15, -0.1) is 0 Å². The smallest absolute Gasteiger partial charge is 0.329 e. The van der Waals surface area contributed by atoms with Gasteiger partial charge in [-0.1, -0.05) is 60.7 Å². The lowest BCUT2D eigenvalue weighted by Gasteiger charge is -2.34. The summed E-state index contributed by atoms with van der Waals surface area (Å²) in [5.74, 6) is 0. The maximum Gasteiger partial charge on any atom is 0.341 e. The Labute approximate surface area is 112 Å². The maximum absolute atomic E-state index is 12.1. The highest BCUT2D eigenvalue weighted by molar-refractivity contribution is 7.53. The summed E-state index contributed by atoms with van der Waals surface area (Å²) in [4.78, 5) is 19.7. The van der Waals surface area contributed by atoms with Crippen LogP contribution in [0.5, 0.6) is 0 Å². The van der Waals surface area contributed by atoms with Gasteiger partial charge in [0.05, 0.1) is 0 Å². The average Bonchev–Trinajstić information content (AvgIpc) is 2.41. The summed E-state index contributed by atoms with van der Waals surface area (Å²) in [7, 11) is -4.48. The Balaban J connectivity index is 2.74. The van der Waals surface area contributed by atoms with Crippen molar-refractivity contribution in [2.45, 2.75) is 5.16 Å². The highest BCUT2D eigenvalue weighted by Gasteiger charge is 2.48. The summed E-state index contributed by atoms with van der Waals surface area (Å²) in [6, 6.07) is 17.4. The number of hydrogen-bond acceptors (Lipinski definition) is 2. The molecule has 100 valence electrons. The van der Waals surface area contributed by atoms with E-state index in [1.54, 1.807) is 60.7 Å². The lowest BCUT2D eigenvalue weighted by molar-refractivity contribution is 0.340. The highest BCUT2D eigenvalue weighted by atomic mass is 31.2. The molecule has 0 unspecified atom stereocenters. The van der Waals surface area contributed by atoms with E-state index in [0.717, 1.165) is 0 Å². The summed E-state index contributed by atoms with van der Waals surface area (Å²) >= 11 is 0. The molecule has 0 aliphatic rings. The van der Waals surface area contributed by atoms with Gasteiger partial charge in [0.15, 0.2) is 0 Å². The molecule has 4 N–H and O–H groups in total. The first-order chi connectivity index (χ1) is 9.02. The van der Waals surface area contributed by atoms with Crippen molar-refractivity contribution >= 4 is 7.60 Å². The first-order valence-corrected chi connectivity index (χ1v) is 7.50. The van der Waals surface area contributed by atoms with Crippen molar-refractivity contribution in [1.29, 1.82) is 0 Å². The molecule has 0 aromatic heterocycles. The first kappa shape index (κ1) is 14.0. The van der Waals surface area contributed by atoms with E-state index in [-0.39, 0.29) is 6.54 Å². The van der Waals surface area contributed by atoms with Crippen LogP contribution in [-0.2, 0) is 9.72 Å². The molecule has 0 fully saturated rings. The Hall–Kier alpha value is -1.45. The van der Waals surface area contributed by atoms with Crippen LogP contribution in [0.2, 0.25) is 0 Å². The molecule has 19 heavy (non-hydrogen) atoms. The van der Waals surface area contributed by atoms with Crippen molar-refractivity contribution in [3.63, 3.8) is 0 Å². The molecular formula is C14H16NO3P. The molecule has 4 nitrogen and oxygen atoms in total. The Morgan fingerprint density at radius 1 is 0.895 bits per heavy atom. The molecule has 2 rings (SSSR count). The van der Waals surface area contributed by atoms with Crippen molar-refractivity contribution in [2.24, 2.45) is 5.73 Å². The summed E-state index contributed by atoms with van der Waals surface area (Å²) in [5.41, 5.74) is 6.82. The lowest BCUT2D eigenvalue weighted by Crippen LogP contribution is -2.36. The molecule has 0 atom stereocenters. The van der Waals surface area contributed by atoms with E-state index in [0.29, 0.717) is 11.1 Å². The fourth-order valence-corrected chi connectivity index (χ4v) is 3.49. The quantitative estimate of drug-likeness (QED) is 0.747. The second-order valence-corrected chi connectivity index (χ2v) is 6.19. The van der Waals surface area contributed by atoms with Gasteiger partial charge in [0.25, 0.3) is 0 Å². The third-order valence-corrected chi connectivity index (χ3v) is 4.99. The normalized spacial score (nSPS) is 12.4. The molecule has 0 heterocycles. The summed E-state index contributed by atoms with van der Waals surface area (Å²) in [6.07, 6.45) is 0. The Bertz CT molecular complexity index is 541. The molecule has 0 aliphatic carbocycles. The van der Waals surface area contributed by atoms with Crippen LogP contribution < -0.4 is 5.73 Å². The summed E-state index contributed by atoms with van der Waals surface area (Å²) in [5, 5.41) is -1.49. The minimum atomic E-state index is -4.48. The van der Waals surface area contributed by atoms with Gasteiger partial charge in [0.2, 0.25) is 0 Å². The molecule has 0 amide bonds. The topological polar surface area (TPSA) is 83.6 Å². The Kier molecular flexibility index (Phi) is 3.88. The van der Waals surface area contributed by atoms with E-state index < -0.39 is 12.8 Å². The van der Waals surface area contributed by atoms with E-state index in [2.05, 4.69) is 0 Å². The second-order valence-electron chi connectivity index (χ2n) is 4.34. The standard InChI is InChI=1S/C14H16NO3P/c15-11-14(19(16,17)18,12-7-3-1-4-8-12)13-9-5-2-6-10-13/h1-10H,11,15H2,(H2,16,17,18). The number of benzene rings is 2. The van der Waals surface area contributed by atoms with Crippen LogP contribution in [0.4, 0.5) is 0 Å². The molecule has 0 saturated carbocycles. The molecule has 0 radical (unpaired) electrons. The van der Waals surface area contributed by atoms with Crippen molar-refractivity contribution in [3.05, 3.63) is 71.8 Å². The van der Waals surface area contributed by atoms with Crippen molar-refractivity contribution in [2.75, 3.05) is 6.54 Å². The number of rotatable bonds is 4. The van der Waals surface area contributed by atoms with Crippen LogP contribution in [0.15, 0.2) is 60.7 Å². The van der Waals surface area contributed by atoms with Crippen LogP contribution >= 0.6 is 7.60 Å². The van der Waals surface area contributed by atoms with Gasteiger partial charge in [0, 0.05) is 6.54 Å². The molecule has 2 aromatic rings. The van der Waals surface area contributed by atoms with Gasteiger partial charge < -0.3 is 15.5 Å². The number of hydrogen-bond donors (Lipinski definition) is 3. The first-order valence-electron chi connectivity index (χ1n) is 5.89. The van der Waals surface area contributed by atoms with Crippen LogP contribution in [0.3, 0.4) is 0 Å².